The molecule has 7 heteroatoms. The topological polar surface area (TPSA) is 58.2 Å². The van der Waals surface area contributed by atoms with Crippen LogP contribution in [0.25, 0.3) is 0 Å². The third-order valence-electron chi connectivity index (χ3n) is 3.51. The second-order valence-electron chi connectivity index (χ2n) is 5.27. The molecule has 118 valence electrons. The van der Waals surface area contributed by atoms with Crippen molar-refractivity contribution in [3.05, 3.63) is 27.7 Å². The van der Waals surface area contributed by atoms with Gasteiger partial charge in [-0.3, -0.25) is 0 Å². The molecule has 0 bridgehead atoms. The number of halogens is 1. The van der Waals surface area contributed by atoms with Crippen LogP contribution in [0.1, 0.15) is 24.0 Å². The first-order valence-corrected chi connectivity index (χ1v) is 10.4. The first-order valence-electron chi connectivity index (χ1n) is 6.97. The van der Waals surface area contributed by atoms with Gasteiger partial charge in [-0.1, -0.05) is 15.9 Å². The van der Waals surface area contributed by atoms with E-state index >= 15 is 0 Å². The molecule has 0 saturated carbocycles. The Kier molecular flexibility index (Phi) is 6.14. The van der Waals surface area contributed by atoms with E-state index in [4.69, 9.17) is 0 Å². The lowest BCUT2D eigenvalue weighted by atomic mass is 10.1. The summed E-state index contributed by atoms with van der Waals surface area (Å²) in [5.74, 6) is 1.98. The average molecular weight is 393 g/mol. The van der Waals surface area contributed by atoms with Crippen molar-refractivity contribution < 1.29 is 8.42 Å². The van der Waals surface area contributed by atoms with E-state index in [1.165, 1.54) is 0 Å². The van der Waals surface area contributed by atoms with Gasteiger partial charge >= 0.3 is 0 Å². The van der Waals surface area contributed by atoms with Gasteiger partial charge in [-0.15, -0.1) is 0 Å². The normalized spacial score (nSPS) is 19.7. The van der Waals surface area contributed by atoms with Gasteiger partial charge in [0.15, 0.2) is 0 Å². The monoisotopic (exact) mass is 392 g/mol. The van der Waals surface area contributed by atoms with E-state index in [1.54, 1.807) is 6.07 Å². The Hall–Kier alpha value is -0.0800. The molecule has 4 nitrogen and oxygen atoms in total. The number of nitrogens with one attached hydrogen (secondary N) is 2. The smallest absolute Gasteiger partial charge is 0.241 e. The predicted molar refractivity (Wildman–Crippen MR) is 92.3 cm³/mol. The van der Waals surface area contributed by atoms with Gasteiger partial charge in [0.2, 0.25) is 10.0 Å². The van der Waals surface area contributed by atoms with E-state index in [1.807, 2.05) is 31.8 Å². The van der Waals surface area contributed by atoms with E-state index in [0.717, 1.165) is 39.9 Å². The summed E-state index contributed by atoms with van der Waals surface area (Å²) in [6, 6.07) is 3.76. The van der Waals surface area contributed by atoms with Crippen LogP contribution < -0.4 is 10.0 Å². The second kappa shape index (κ2) is 7.46. The van der Waals surface area contributed by atoms with Gasteiger partial charge in [0.1, 0.15) is 0 Å². The lowest BCUT2D eigenvalue weighted by Gasteiger charge is -2.23. The van der Waals surface area contributed by atoms with Crippen molar-refractivity contribution in [3.63, 3.8) is 0 Å². The third kappa shape index (κ3) is 4.45. The first-order chi connectivity index (χ1) is 9.94. The third-order valence-corrected chi connectivity index (χ3v) is 7.19. The van der Waals surface area contributed by atoms with Gasteiger partial charge in [-0.05, 0) is 55.8 Å². The molecule has 0 radical (unpaired) electrons. The van der Waals surface area contributed by atoms with Crippen molar-refractivity contribution in [2.75, 3.05) is 18.6 Å². The highest BCUT2D eigenvalue weighted by Gasteiger charge is 2.24. The van der Waals surface area contributed by atoms with Crippen LogP contribution in [-0.4, -0.2) is 33.0 Å². The molecule has 1 unspecified atom stereocenters. The molecular formula is C14H21BrN2O2S2. The van der Waals surface area contributed by atoms with Crippen molar-refractivity contribution in [1.29, 1.82) is 0 Å². The molecule has 0 aliphatic carbocycles. The maximum Gasteiger partial charge on any atom is 0.241 e. The highest BCUT2D eigenvalue weighted by atomic mass is 79.9. The summed E-state index contributed by atoms with van der Waals surface area (Å²) >= 11 is 5.27. The summed E-state index contributed by atoms with van der Waals surface area (Å²) in [5.41, 5.74) is 1.71. The fraction of sp³-hybridized carbons (Fsp3) is 0.571. The Labute approximate surface area is 139 Å². The van der Waals surface area contributed by atoms with Crippen molar-refractivity contribution in [2.45, 2.75) is 37.2 Å². The van der Waals surface area contributed by atoms with Crippen LogP contribution in [0.2, 0.25) is 0 Å². The van der Waals surface area contributed by atoms with Crippen LogP contribution in [0.5, 0.6) is 0 Å². The van der Waals surface area contributed by atoms with Crippen LogP contribution in [0.3, 0.4) is 0 Å². The molecule has 21 heavy (non-hydrogen) atoms. The molecule has 1 aliphatic rings. The van der Waals surface area contributed by atoms with Gasteiger partial charge in [0.25, 0.3) is 0 Å². The lowest BCUT2D eigenvalue weighted by molar-refractivity contribution is 0.542. The van der Waals surface area contributed by atoms with Crippen molar-refractivity contribution in [2.24, 2.45) is 0 Å². The van der Waals surface area contributed by atoms with Gasteiger partial charge in [-0.25, -0.2) is 13.1 Å². The van der Waals surface area contributed by atoms with Crippen LogP contribution in [-0.2, 0) is 16.6 Å². The predicted octanol–water partition coefficient (Wildman–Crippen LogP) is 2.65. The Morgan fingerprint density at radius 2 is 2.19 bits per heavy atom. The second-order valence-corrected chi connectivity index (χ2v) is 8.95. The maximum absolute atomic E-state index is 12.7. The Morgan fingerprint density at radius 3 is 2.81 bits per heavy atom. The lowest BCUT2D eigenvalue weighted by Crippen LogP contribution is -2.38. The minimum Gasteiger partial charge on any atom is -0.316 e. The van der Waals surface area contributed by atoms with Crippen LogP contribution >= 0.6 is 27.7 Å². The fourth-order valence-corrected chi connectivity index (χ4v) is 5.81. The van der Waals surface area contributed by atoms with Crippen LogP contribution in [0, 0.1) is 6.92 Å². The summed E-state index contributed by atoms with van der Waals surface area (Å²) in [6.07, 6.45) is 1.99. The Balaban J connectivity index is 2.29. The minimum atomic E-state index is -3.48. The molecule has 1 saturated heterocycles. The Morgan fingerprint density at radius 1 is 1.43 bits per heavy atom. The first kappa shape index (κ1) is 17.3. The van der Waals surface area contributed by atoms with E-state index in [-0.39, 0.29) is 6.04 Å². The number of thioether (sulfide) groups is 1. The average Bonchev–Trinajstić information content (AvgIpc) is 2.43. The van der Waals surface area contributed by atoms with Gasteiger partial charge < -0.3 is 5.32 Å². The molecule has 2 N–H and O–H groups in total. The Bertz CT molecular complexity index is 599. The number of hydrogen-bond donors (Lipinski definition) is 2. The molecule has 0 amide bonds. The van der Waals surface area contributed by atoms with Crippen molar-refractivity contribution in [3.8, 4) is 0 Å². The summed E-state index contributed by atoms with van der Waals surface area (Å²) in [4.78, 5) is 0.373. The van der Waals surface area contributed by atoms with E-state index in [2.05, 4.69) is 26.0 Å². The number of sulfonamides is 1. The highest BCUT2D eigenvalue weighted by Crippen LogP contribution is 2.27. The molecule has 1 aromatic rings. The largest absolute Gasteiger partial charge is 0.316 e. The van der Waals surface area contributed by atoms with Gasteiger partial charge in [0, 0.05) is 22.8 Å². The molecular weight excluding hydrogens is 372 g/mol. The van der Waals surface area contributed by atoms with E-state index in [9.17, 15) is 8.42 Å². The zero-order valence-corrected chi connectivity index (χ0v) is 15.5. The number of hydrogen-bond acceptors (Lipinski definition) is 4. The van der Waals surface area contributed by atoms with Crippen molar-refractivity contribution >= 4 is 37.7 Å². The maximum atomic E-state index is 12.7. The summed E-state index contributed by atoms with van der Waals surface area (Å²) in [7, 11) is -1.63. The van der Waals surface area contributed by atoms with Crippen LogP contribution in [0.4, 0.5) is 0 Å². The fourth-order valence-electron chi connectivity index (χ4n) is 2.41. The standard InChI is InChI=1S/C14H21BrN2O2S2/c1-10-13(15)6-11(8-16-2)7-14(10)21(18,19)17-12-4-3-5-20-9-12/h6-7,12,16-17H,3-5,8-9H2,1-2H3. The zero-order chi connectivity index (χ0) is 15.5. The number of benzene rings is 1. The molecule has 2 rings (SSSR count). The van der Waals surface area contributed by atoms with Crippen molar-refractivity contribution in [1.82, 2.24) is 10.0 Å². The summed E-state index contributed by atoms with van der Waals surface area (Å²) in [5, 5.41) is 3.05. The van der Waals surface area contributed by atoms with Gasteiger partial charge in [0.05, 0.1) is 4.90 Å². The summed E-state index contributed by atoms with van der Waals surface area (Å²) in [6.45, 7) is 2.47. The highest BCUT2D eigenvalue weighted by molar-refractivity contribution is 9.10. The van der Waals surface area contributed by atoms with E-state index < -0.39 is 10.0 Å². The molecule has 1 atom stereocenters. The molecule has 1 aliphatic heterocycles. The van der Waals surface area contributed by atoms with Crippen LogP contribution in [0.15, 0.2) is 21.5 Å². The summed E-state index contributed by atoms with van der Waals surface area (Å²) < 4.78 is 29.0. The quantitative estimate of drug-likeness (QED) is 0.808. The minimum absolute atomic E-state index is 0.0416. The zero-order valence-electron chi connectivity index (χ0n) is 12.3. The molecule has 1 fully saturated rings. The number of rotatable bonds is 5. The molecule has 0 aromatic heterocycles. The molecule has 1 aromatic carbocycles. The van der Waals surface area contributed by atoms with Gasteiger partial charge in [-0.2, -0.15) is 11.8 Å². The SMILES string of the molecule is CNCc1cc(Br)c(C)c(S(=O)(=O)NC2CCCSC2)c1. The molecule has 0 spiro atoms. The molecule has 1 heterocycles. The van der Waals surface area contributed by atoms with E-state index in [0.29, 0.717) is 11.4 Å².